The maximum Gasteiger partial charge on any atom is 0.315 e. The molecule has 39 heavy (non-hydrogen) atoms. The van der Waals surface area contributed by atoms with E-state index < -0.39 is 22.7 Å². The molecule has 1 unspecified atom stereocenters. The lowest BCUT2D eigenvalue weighted by atomic mass is 9.69. The first-order chi connectivity index (χ1) is 18.8. The number of esters is 1. The van der Waals surface area contributed by atoms with Crippen LogP contribution >= 0.6 is 11.6 Å². The molecule has 0 saturated heterocycles. The molecule has 0 spiro atoms. The highest BCUT2D eigenvalue weighted by Crippen LogP contribution is 2.48. The molecule has 8 heteroatoms. The lowest BCUT2D eigenvalue weighted by Gasteiger charge is -2.36. The number of nitro groups is 1. The van der Waals surface area contributed by atoms with Gasteiger partial charge in [-0.1, -0.05) is 72.3 Å². The first kappa shape index (κ1) is 26.5. The van der Waals surface area contributed by atoms with Crippen molar-refractivity contribution in [3.05, 3.63) is 122 Å². The molecule has 0 saturated carbocycles. The van der Waals surface area contributed by atoms with Crippen LogP contribution in [0.4, 0.5) is 5.69 Å². The number of hydrogen-bond acceptors (Lipinski definition) is 6. The third kappa shape index (κ3) is 5.54. The quantitative estimate of drug-likeness (QED) is 0.190. The zero-order chi connectivity index (χ0) is 27.5. The molecule has 198 valence electrons. The normalized spacial score (nSPS) is 20.7. The van der Waals surface area contributed by atoms with E-state index in [-0.39, 0.29) is 30.4 Å². The maximum absolute atomic E-state index is 13.7. The number of ether oxygens (including phenoxy) is 1. The minimum atomic E-state index is -0.948. The Balaban J connectivity index is 1.51. The number of hydrogen-bond donors (Lipinski definition) is 0. The molecular formula is C31H27ClN2O5. The van der Waals surface area contributed by atoms with Crippen LogP contribution in [0.5, 0.6) is 0 Å². The van der Waals surface area contributed by atoms with Crippen LogP contribution in [-0.4, -0.2) is 29.0 Å². The summed E-state index contributed by atoms with van der Waals surface area (Å²) in [6, 6.07) is 23.3. The van der Waals surface area contributed by atoms with Gasteiger partial charge < -0.3 is 4.74 Å². The van der Waals surface area contributed by atoms with Crippen LogP contribution in [0, 0.1) is 16.0 Å². The fourth-order valence-corrected chi connectivity index (χ4v) is 5.72. The lowest BCUT2D eigenvalue weighted by Crippen LogP contribution is -2.38. The zero-order valence-electron chi connectivity index (χ0n) is 21.4. The van der Waals surface area contributed by atoms with E-state index in [0.717, 1.165) is 11.1 Å². The van der Waals surface area contributed by atoms with Gasteiger partial charge in [0.1, 0.15) is 5.92 Å². The summed E-state index contributed by atoms with van der Waals surface area (Å²) in [5.74, 6) is -2.63. The number of Topliss-reactive ketones (excluding diaryl/α,β-unsaturated/α-hetero) is 1. The number of halogens is 1. The highest BCUT2D eigenvalue weighted by atomic mass is 35.5. The highest BCUT2D eigenvalue weighted by molar-refractivity contribution is 6.30. The van der Waals surface area contributed by atoms with Crippen molar-refractivity contribution in [1.29, 1.82) is 0 Å². The molecule has 3 atom stereocenters. The number of allylic oxidation sites excluding steroid dienone is 2. The van der Waals surface area contributed by atoms with E-state index in [0.29, 0.717) is 40.4 Å². The molecule has 0 radical (unpaired) electrons. The van der Waals surface area contributed by atoms with Crippen LogP contribution in [0.1, 0.15) is 48.3 Å². The SMILES string of the molecule is CC1=NC2=C(C(=O)C[C@H](c3ccc(Cl)cc3)C2)[C@H](c2ccccc2[N+](=O)[O-])C1C(=O)OCCc1ccccc1. The Morgan fingerprint density at radius 3 is 2.44 bits per heavy atom. The largest absolute Gasteiger partial charge is 0.465 e. The molecule has 1 aliphatic heterocycles. The van der Waals surface area contributed by atoms with Gasteiger partial charge in [-0.15, -0.1) is 0 Å². The van der Waals surface area contributed by atoms with Crippen molar-refractivity contribution in [2.24, 2.45) is 10.9 Å². The minimum absolute atomic E-state index is 0.106. The molecule has 2 aliphatic rings. The Hall–Kier alpha value is -4.10. The lowest BCUT2D eigenvalue weighted by molar-refractivity contribution is -0.385. The molecule has 3 aromatic carbocycles. The molecule has 3 aromatic rings. The van der Waals surface area contributed by atoms with Crippen molar-refractivity contribution in [2.45, 2.75) is 38.0 Å². The Bertz CT molecular complexity index is 1480. The summed E-state index contributed by atoms with van der Waals surface area (Å²) in [6.07, 6.45) is 1.22. The average molecular weight is 543 g/mol. The first-order valence-electron chi connectivity index (χ1n) is 12.8. The van der Waals surface area contributed by atoms with Gasteiger partial charge in [-0.3, -0.25) is 24.7 Å². The molecule has 0 bridgehead atoms. The van der Waals surface area contributed by atoms with Crippen LogP contribution in [0.15, 0.2) is 95.1 Å². The van der Waals surface area contributed by atoms with Crippen molar-refractivity contribution >= 4 is 34.8 Å². The Morgan fingerprint density at radius 2 is 1.72 bits per heavy atom. The summed E-state index contributed by atoms with van der Waals surface area (Å²) >= 11 is 6.06. The van der Waals surface area contributed by atoms with E-state index in [9.17, 15) is 19.7 Å². The standard InChI is InChI=1S/C31H27ClN2O5/c1-19-28(31(36)39-16-15-20-7-3-2-4-8-20)29(24-9-5-6-10-26(24)34(37)38)30-25(33-19)17-22(18-27(30)35)21-11-13-23(32)14-12-21/h2-14,22,28-29H,15-18H2,1H3/t22-,28?,29-/m1/s1. The molecular weight excluding hydrogens is 516 g/mol. The van der Waals surface area contributed by atoms with E-state index in [1.807, 2.05) is 42.5 Å². The van der Waals surface area contributed by atoms with Gasteiger partial charge in [0.15, 0.2) is 5.78 Å². The number of para-hydroxylation sites is 1. The Kier molecular flexibility index (Phi) is 7.70. The summed E-state index contributed by atoms with van der Waals surface area (Å²) in [5.41, 5.74) is 3.58. The number of ketones is 1. The average Bonchev–Trinajstić information content (AvgIpc) is 2.93. The minimum Gasteiger partial charge on any atom is -0.465 e. The number of carbonyl (C=O) groups is 2. The molecule has 0 amide bonds. The predicted molar refractivity (Wildman–Crippen MR) is 149 cm³/mol. The van der Waals surface area contributed by atoms with Crippen molar-refractivity contribution in [1.82, 2.24) is 0 Å². The highest BCUT2D eigenvalue weighted by Gasteiger charge is 2.46. The van der Waals surface area contributed by atoms with Gasteiger partial charge in [0.05, 0.1) is 11.5 Å². The third-order valence-electron chi connectivity index (χ3n) is 7.43. The van der Waals surface area contributed by atoms with Crippen LogP contribution in [0.25, 0.3) is 0 Å². The van der Waals surface area contributed by atoms with Crippen molar-refractivity contribution in [3.8, 4) is 0 Å². The summed E-state index contributed by atoms with van der Waals surface area (Å²) in [7, 11) is 0. The molecule has 0 fully saturated rings. The zero-order valence-corrected chi connectivity index (χ0v) is 22.1. The molecule has 0 aromatic heterocycles. The van der Waals surface area contributed by atoms with Gasteiger partial charge >= 0.3 is 5.97 Å². The predicted octanol–water partition coefficient (Wildman–Crippen LogP) is 6.61. The third-order valence-corrected chi connectivity index (χ3v) is 7.68. The smallest absolute Gasteiger partial charge is 0.315 e. The van der Waals surface area contributed by atoms with Crippen LogP contribution < -0.4 is 0 Å². The van der Waals surface area contributed by atoms with Crippen LogP contribution in [-0.2, 0) is 20.7 Å². The number of carbonyl (C=O) groups excluding carboxylic acids is 2. The topological polar surface area (TPSA) is 98.9 Å². The number of aliphatic imine (C=N–C) groups is 1. The molecule has 1 heterocycles. The molecule has 5 rings (SSSR count). The van der Waals surface area contributed by atoms with Gasteiger partial charge in [-0.2, -0.15) is 0 Å². The van der Waals surface area contributed by atoms with Crippen LogP contribution in [0.3, 0.4) is 0 Å². The molecule has 7 nitrogen and oxygen atoms in total. The summed E-state index contributed by atoms with van der Waals surface area (Å²) in [5, 5.41) is 12.6. The first-order valence-corrected chi connectivity index (χ1v) is 13.2. The second-order valence-electron chi connectivity index (χ2n) is 9.87. The van der Waals surface area contributed by atoms with Crippen molar-refractivity contribution in [3.63, 3.8) is 0 Å². The second kappa shape index (κ2) is 11.3. The second-order valence-corrected chi connectivity index (χ2v) is 10.3. The number of nitro benzene ring substituents is 1. The van der Waals surface area contributed by atoms with E-state index >= 15 is 0 Å². The van der Waals surface area contributed by atoms with E-state index in [2.05, 4.69) is 0 Å². The number of rotatable bonds is 7. The fraction of sp³-hybridized carbons (Fsp3) is 0.258. The monoisotopic (exact) mass is 542 g/mol. The van der Waals surface area contributed by atoms with Gasteiger partial charge in [0.25, 0.3) is 5.69 Å². The van der Waals surface area contributed by atoms with Gasteiger partial charge in [-0.25, -0.2) is 0 Å². The van der Waals surface area contributed by atoms with Gasteiger partial charge in [0, 0.05) is 52.4 Å². The van der Waals surface area contributed by atoms with Crippen molar-refractivity contribution in [2.75, 3.05) is 6.61 Å². The molecule has 1 aliphatic carbocycles. The fourth-order valence-electron chi connectivity index (χ4n) is 5.59. The van der Waals surface area contributed by atoms with E-state index in [1.54, 1.807) is 37.3 Å². The number of benzene rings is 3. The summed E-state index contributed by atoms with van der Waals surface area (Å²) in [4.78, 5) is 43.6. The van der Waals surface area contributed by atoms with Gasteiger partial charge in [0.2, 0.25) is 0 Å². The van der Waals surface area contributed by atoms with Gasteiger partial charge in [-0.05, 0) is 42.5 Å². The number of nitrogens with zero attached hydrogens (tertiary/aromatic N) is 2. The van der Waals surface area contributed by atoms with E-state index in [1.165, 1.54) is 6.07 Å². The van der Waals surface area contributed by atoms with Crippen molar-refractivity contribution < 1.29 is 19.2 Å². The summed E-state index contributed by atoms with van der Waals surface area (Å²) < 4.78 is 5.69. The Morgan fingerprint density at radius 1 is 1.03 bits per heavy atom. The van der Waals surface area contributed by atoms with E-state index in [4.69, 9.17) is 21.3 Å². The maximum atomic E-state index is 13.7. The summed E-state index contributed by atoms with van der Waals surface area (Å²) in [6.45, 7) is 1.87. The molecule has 0 N–H and O–H groups in total. The Labute approximate surface area is 231 Å². The van der Waals surface area contributed by atoms with Crippen LogP contribution in [0.2, 0.25) is 5.02 Å².